The van der Waals surface area contributed by atoms with Gasteiger partial charge in [0.05, 0.1) is 0 Å². The molecule has 0 saturated heterocycles. The Bertz CT molecular complexity index is 744. The van der Waals surface area contributed by atoms with E-state index in [1.54, 1.807) is 0 Å². The maximum atomic E-state index is 3.28. The third-order valence-electron chi connectivity index (χ3n) is 3.13. The molecule has 0 aliphatic heterocycles. The maximum Gasteiger partial charge on any atom is 0.0327 e. The Morgan fingerprint density at radius 2 is 1.10 bits per heavy atom. The van der Waals surface area contributed by atoms with E-state index >= 15 is 0 Å². The normalized spacial score (nSPS) is 9.60. The van der Waals surface area contributed by atoms with Gasteiger partial charge in [-0.25, -0.2) is 0 Å². The Kier molecular flexibility index (Phi) is 3.62. The van der Waals surface area contributed by atoms with Crippen LogP contribution < -0.4 is 0 Å². The third-order valence-corrected chi connectivity index (χ3v) is 3.13. The molecule has 0 aliphatic rings. The van der Waals surface area contributed by atoms with Crippen LogP contribution in [-0.2, 0) is 0 Å². The fourth-order valence-electron chi connectivity index (χ4n) is 2.12. The molecule has 0 fully saturated rings. The lowest BCUT2D eigenvalue weighted by atomic mass is 10.00. The Morgan fingerprint density at radius 3 is 1.85 bits per heavy atom. The summed E-state index contributed by atoms with van der Waals surface area (Å²) in [6, 6.07) is 28.7. The van der Waals surface area contributed by atoms with Crippen LogP contribution in [0.1, 0.15) is 11.1 Å². The van der Waals surface area contributed by atoms with Gasteiger partial charge in [0.25, 0.3) is 0 Å². The molecule has 0 spiro atoms. The Hall–Kier alpha value is -2.78. The highest BCUT2D eigenvalue weighted by molar-refractivity contribution is 5.71. The number of benzene rings is 3. The highest BCUT2D eigenvalue weighted by Crippen LogP contribution is 2.22. The summed E-state index contributed by atoms with van der Waals surface area (Å²) >= 11 is 0. The van der Waals surface area contributed by atoms with Crippen molar-refractivity contribution in [1.82, 2.24) is 0 Å². The standard InChI is InChI=1S/C20H14/c1-3-9-17(10-4-1)15-16-19-13-7-8-14-20(19)18-11-5-2-6-12-18/h1-14H. The zero-order chi connectivity index (χ0) is 13.6. The highest BCUT2D eigenvalue weighted by atomic mass is 14.0. The monoisotopic (exact) mass is 254 g/mol. The van der Waals surface area contributed by atoms with Gasteiger partial charge in [0.15, 0.2) is 0 Å². The second-order valence-corrected chi connectivity index (χ2v) is 4.53. The van der Waals surface area contributed by atoms with Crippen molar-refractivity contribution in [3.63, 3.8) is 0 Å². The molecule has 0 bridgehead atoms. The molecule has 0 N–H and O–H groups in total. The molecule has 0 nitrogen and oxygen atoms in total. The average molecular weight is 254 g/mol. The van der Waals surface area contributed by atoms with Gasteiger partial charge in [-0.05, 0) is 29.3 Å². The molecule has 20 heavy (non-hydrogen) atoms. The van der Waals surface area contributed by atoms with E-state index in [9.17, 15) is 0 Å². The molecule has 0 aliphatic carbocycles. The number of hydrogen-bond acceptors (Lipinski definition) is 0. The van der Waals surface area contributed by atoms with Gasteiger partial charge < -0.3 is 0 Å². The molecule has 0 radical (unpaired) electrons. The Balaban J connectivity index is 2.02. The molecule has 0 heteroatoms. The van der Waals surface area contributed by atoms with Crippen LogP contribution in [-0.4, -0.2) is 0 Å². The lowest BCUT2D eigenvalue weighted by Crippen LogP contribution is -1.83. The van der Waals surface area contributed by atoms with E-state index in [0.717, 1.165) is 11.1 Å². The molecule has 0 atom stereocenters. The molecule has 94 valence electrons. The number of rotatable bonds is 1. The zero-order valence-electron chi connectivity index (χ0n) is 11.1. The molecule has 3 aromatic rings. The van der Waals surface area contributed by atoms with E-state index in [-0.39, 0.29) is 0 Å². The largest absolute Gasteiger partial charge is 0.0622 e. The summed E-state index contributed by atoms with van der Waals surface area (Å²) in [5, 5.41) is 0. The molecule has 3 aromatic carbocycles. The summed E-state index contributed by atoms with van der Waals surface area (Å²) in [7, 11) is 0. The quantitative estimate of drug-likeness (QED) is 0.549. The molecule has 0 saturated carbocycles. The minimum absolute atomic E-state index is 1.04. The van der Waals surface area contributed by atoms with E-state index in [4.69, 9.17) is 0 Å². The van der Waals surface area contributed by atoms with Crippen LogP contribution in [0.2, 0.25) is 0 Å². The lowest BCUT2D eigenvalue weighted by molar-refractivity contribution is 1.58. The van der Waals surface area contributed by atoms with E-state index in [1.165, 1.54) is 11.1 Å². The van der Waals surface area contributed by atoms with Crippen molar-refractivity contribution in [1.29, 1.82) is 0 Å². The maximum absolute atomic E-state index is 3.28. The average Bonchev–Trinajstić information content (AvgIpc) is 2.55. The summed E-state index contributed by atoms with van der Waals surface area (Å²) in [6.45, 7) is 0. The lowest BCUT2D eigenvalue weighted by Gasteiger charge is -2.04. The van der Waals surface area contributed by atoms with Gasteiger partial charge in [-0.2, -0.15) is 0 Å². The van der Waals surface area contributed by atoms with Crippen LogP contribution in [0.15, 0.2) is 84.9 Å². The Morgan fingerprint density at radius 1 is 0.500 bits per heavy atom. The van der Waals surface area contributed by atoms with Gasteiger partial charge in [0.2, 0.25) is 0 Å². The highest BCUT2D eigenvalue weighted by Gasteiger charge is 2.00. The van der Waals surface area contributed by atoms with Crippen molar-refractivity contribution in [3.05, 3.63) is 96.1 Å². The summed E-state index contributed by atoms with van der Waals surface area (Å²) in [5.74, 6) is 6.50. The van der Waals surface area contributed by atoms with Gasteiger partial charge in [-0.15, -0.1) is 0 Å². The second-order valence-electron chi connectivity index (χ2n) is 4.53. The molecular weight excluding hydrogens is 240 g/mol. The van der Waals surface area contributed by atoms with Crippen molar-refractivity contribution in [2.45, 2.75) is 0 Å². The molecule has 3 rings (SSSR count). The van der Waals surface area contributed by atoms with Crippen LogP contribution in [0.25, 0.3) is 11.1 Å². The molecule has 0 amide bonds. The molecule has 0 aromatic heterocycles. The second kappa shape index (κ2) is 5.91. The van der Waals surface area contributed by atoms with Gasteiger partial charge in [0.1, 0.15) is 0 Å². The fraction of sp³-hybridized carbons (Fsp3) is 0. The SMILES string of the molecule is C(#Cc1ccccc1-c1ccccc1)c1ccccc1. The summed E-state index contributed by atoms with van der Waals surface area (Å²) in [4.78, 5) is 0. The predicted octanol–water partition coefficient (Wildman–Crippen LogP) is 4.75. The Labute approximate surface area is 119 Å². The van der Waals surface area contributed by atoms with E-state index in [2.05, 4.69) is 54.3 Å². The summed E-state index contributed by atoms with van der Waals surface area (Å²) in [5.41, 5.74) is 4.47. The minimum Gasteiger partial charge on any atom is -0.0622 e. The van der Waals surface area contributed by atoms with E-state index < -0.39 is 0 Å². The van der Waals surface area contributed by atoms with Crippen molar-refractivity contribution < 1.29 is 0 Å². The van der Waals surface area contributed by atoms with Crippen LogP contribution in [0.5, 0.6) is 0 Å². The van der Waals surface area contributed by atoms with Gasteiger partial charge in [-0.1, -0.05) is 78.6 Å². The minimum atomic E-state index is 1.04. The first-order valence-corrected chi connectivity index (χ1v) is 6.65. The van der Waals surface area contributed by atoms with Crippen LogP contribution in [0, 0.1) is 11.8 Å². The van der Waals surface area contributed by atoms with Crippen molar-refractivity contribution in [2.24, 2.45) is 0 Å². The predicted molar refractivity (Wildman–Crippen MR) is 84.3 cm³/mol. The number of hydrogen-bond donors (Lipinski definition) is 0. The smallest absolute Gasteiger partial charge is 0.0327 e. The van der Waals surface area contributed by atoms with Gasteiger partial charge in [0, 0.05) is 11.1 Å². The van der Waals surface area contributed by atoms with Crippen LogP contribution >= 0.6 is 0 Å². The summed E-state index contributed by atoms with van der Waals surface area (Å²) in [6.07, 6.45) is 0. The molecule has 0 heterocycles. The van der Waals surface area contributed by atoms with E-state index in [1.807, 2.05) is 42.5 Å². The van der Waals surface area contributed by atoms with Crippen LogP contribution in [0.4, 0.5) is 0 Å². The van der Waals surface area contributed by atoms with Gasteiger partial charge in [-0.3, -0.25) is 0 Å². The topological polar surface area (TPSA) is 0 Å². The first-order chi connectivity index (χ1) is 9.93. The van der Waals surface area contributed by atoms with Crippen LogP contribution in [0.3, 0.4) is 0 Å². The third kappa shape index (κ3) is 2.79. The molecular formula is C20H14. The molecule has 0 unspecified atom stereocenters. The van der Waals surface area contributed by atoms with Crippen molar-refractivity contribution >= 4 is 0 Å². The first kappa shape index (κ1) is 12.3. The van der Waals surface area contributed by atoms with Crippen molar-refractivity contribution in [2.75, 3.05) is 0 Å². The van der Waals surface area contributed by atoms with Gasteiger partial charge >= 0.3 is 0 Å². The summed E-state index contributed by atoms with van der Waals surface area (Å²) < 4.78 is 0. The van der Waals surface area contributed by atoms with E-state index in [0.29, 0.717) is 0 Å². The van der Waals surface area contributed by atoms with Crippen molar-refractivity contribution in [3.8, 4) is 23.0 Å². The zero-order valence-corrected chi connectivity index (χ0v) is 11.1. The first-order valence-electron chi connectivity index (χ1n) is 6.65. The fourth-order valence-corrected chi connectivity index (χ4v) is 2.12.